The van der Waals surface area contributed by atoms with Crippen molar-refractivity contribution in [3.8, 4) is 11.5 Å². The number of anilines is 1. The zero-order chi connectivity index (χ0) is 33.2. The van der Waals surface area contributed by atoms with E-state index in [0.717, 1.165) is 29.9 Å². The minimum absolute atomic E-state index is 0.0382. The minimum atomic E-state index is -2.10. The van der Waals surface area contributed by atoms with Gasteiger partial charge in [0.2, 0.25) is 17.5 Å². The van der Waals surface area contributed by atoms with Crippen molar-refractivity contribution in [2.24, 2.45) is 0 Å². The van der Waals surface area contributed by atoms with E-state index in [9.17, 15) is 4.79 Å². The molecule has 0 radical (unpaired) electrons. The lowest BCUT2D eigenvalue weighted by Gasteiger charge is -2.40. The average molecular weight is 652 g/mol. The fourth-order valence-corrected chi connectivity index (χ4v) is 6.68. The van der Waals surface area contributed by atoms with Crippen LogP contribution >= 0.6 is 11.6 Å². The third kappa shape index (κ3) is 8.66. The first-order chi connectivity index (χ1) is 21.0. The average Bonchev–Trinajstić information content (AvgIpc) is 3.44. The maximum absolute atomic E-state index is 12.4. The van der Waals surface area contributed by atoms with Gasteiger partial charge in [0.15, 0.2) is 8.32 Å². The van der Waals surface area contributed by atoms with Gasteiger partial charge in [-0.2, -0.15) is 0 Å². The molecule has 1 fully saturated rings. The van der Waals surface area contributed by atoms with Crippen LogP contribution in [0.1, 0.15) is 65.8 Å². The van der Waals surface area contributed by atoms with Crippen LogP contribution < -0.4 is 4.90 Å². The lowest BCUT2D eigenvalue weighted by Crippen LogP contribution is -2.50. The van der Waals surface area contributed by atoms with Gasteiger partial charge in [0, 0.05) is 42.5 Å². The molecule has 45 heavy (non-hydrogen) atoms. The van der Waals surface area contributed by atoms with E-state index in [2.05, 4.69) is 60.7 Å². The van der Waals surface area contributed by atoms with Gasteiger partial charge in [0.05, 0.1) is 18.6 Å². The second-order valence-corrected chi connectivity index (χ2v) is 19.4. The molecule has 0 unspecified atom stereocenters. The number of nitrogens with zero attached hydrogens (tertiary/aromatic N) is 5. The Balaban J connectivity index is 1.50. The molecule has 242 valence electrons. The van der Waals surface area contributed by atoms with Crippen LogP contribution in [0.15, 0.2) is 46.9 Å². The molecule has 4 rings (SSSR count). The van der Waals surface area contributed by atoms with E-state index in [1.807, 2.05) is 57.2 Å². The second-order valence-electron chi connectivity index (χ2n) is 14.2. The molecule has 1 aromatic heterocycles. The molecular weight excluding hydrogens is 606 g/mol. The van der Waals surface area contributed by atoms with Crippen LogP contribution in [0.4, 0.5) is 16.2 Å². The molecule has 2 atom stereocenters. The molecule has 0 spiro atoms. The summed E-state index contributed by atoms with van der Waals surface area (Å²) in [5.41, 5.74) is 2.78. The first kappa shape index (κ1) is 34.5. The number of carbonyl (C=O) groups excluding carboxylic acids is 1. The van der Waals surface area contributed by atoms with Crippen LogP contribution in [0, 0.1) is 6.57 Å². The molecule has 0 N–H and O–H groups in total. The van der Waals surface area contributed by atoms with E-state index >= 15 is 0 Å². The Kier molecular flexibility index (Phi) is 10.4. The van der Waals surface area contributed by atoms with Crippen molar-refractivity contribution in [3.63, 3.8) is 0 Å². The fourth-order valence-electron chi connectivity index (χ4n) is 4.99. The van der Waals surface area contributed by atoms with Crippen molar-refractivity contribution < 1.29 is 18.4 Å². The Morgan fingerprint density at radius 2 is 1.69 bits per heavy atom. The SMILES string of the molecule is [C-]#[N+]c1ccc(C[C@@H](c2nnc(-c3ccc(N4CCN(C(=O)OC(C)(C)C)CC4)cc3)o2)[C@H](C)O[Si](C)(C)C(C)(C)C)cc1Cl. The number of piperazine rings is 1. The number of halogens is 1. The van der Waals surface area contributed by atoms with Crippen molar-refractivity contribution in [2.45, 2.75) is 90.6 Å². The quantitative estimate of drug-likeness (QED) is 0.178. The first-order valence-corrected chi connectivity index (χ1v) is 18.8. The number of rotatable bonds is 8. The van der Waals surface area contributed by atoms with Gasteiger partial charge < -0.3 is 23.4 Å². The molecule has 2 heterocycles. The van der Waals surface area contributed by atoms with Gasteiger partial charge in [-0.1, -0.05) is 50.6 Å². The molecule has 1 amide bonds. The molecule has 11 heteroatoms. The van der Waals surface area contributed by atoms with Crippen LogP contribution in [0.3, 0.4) is 0 Å². The maximum atomic E-state index is 12.4. The molecule has 0 bridgehead atoms. The van der Waals surface area contributed by atoms with Crippen LogP contribution in [0.5, 0.6) is 0 Å². The van der Waals surface area contributed by atoms with E-state index in [0.29, 0.717) is 42.0 Å². The zero-order valence-corrected chi connectivity index (χ0v) is 29.7. The Morgan fingerprint density at radius 3 is 2.24 bits per heavy atom. The van der Waals surface area contributed by atoms with E-state index in [1.54, 1.807) is 11.0 Å². The van der Waals surface area contributed by atoms with Crippen molar-refractivity contribution in [1.82, 2.24) is 15.1 Å². The first-order valence-electron chi connectivity index (χ1n) is 15.5. The van der Waals surface area contributed by atoms with Crippen molar-refractivity contribution in [3.05, 3.63) is 70.4 Å². The van der Waals surface area contributed by atoms with Gasteiger partial charge in [-0.05, 0) is 82.1 Å². The third-order valence-electron chi connectivity index (χ3n) is 8.61. The number of amides is 1. The minimum Gasteiger partial charge on any atom is -0.444 e. The van der Waals surface area contributed by atoms with Crippen molar-refractivity contribution in [2.75, 3.05) is 31.1 Å². The van der Waals surface area contributed by atoms with Crippen LogP contribution in [-0.2, 0) is 15.6 Å². The summed E-state index contributed by atoms with van der Waals surface area (Å²) in [5.74, 6) is 0.733. The van der Waals surface area contributed by atoms with Crippen molar-refractivity contribution >= 4 is 37.4 Å². The highest BCUT2D eigenvalue weighted by atomic mass is 35.5. The van der Waals surface area contributed by atoms with E-state index in [4.69, 9.17) is 31.8 Å². The zero-order valence-electron chi connectivity index (χ0n) is 28.0. The van der Waals surface area contributed by atoms with Crippen LogP contribution in [0.2, 0.25) is 23.2 Å². The normalized spacial score (nSPS) is 15.8. The highest BCUT2D eigenvalue weighted by Crippen LogP contribution is 2.40. The predicted molar refractivity (Wildman–Crippen MR) is 182 cm³/mol. The molecule has 3 aromatic rings. The number of hydrogen-bond donors (Lipinski definition) is 0. The Morgan fingerprint density at radius 1 is 1.04 bits per heavy atom. The van der Waals surface area contributed by atoms with Crippen LogP contribution in [0.25, 0.3) is 16.3 Å². The van der Waals surface area contributed by atoms with Gasteiger partial charge in [0.1, 0.15) is 5.60 Å². The maximum Gasteiger partial charge on any atom is 0.410 e. The molecule has 9 nitrogen and oxygen atoms in total. The highest BCUT2D eigenvalue weighted by molar-refractivity contribution is 6.74. The van der Waals surface area contributed by atoms with E-state index < -0.39 is 13.9 Å². The smallest absolute Gasteiger partial charge is 0.410 e. The summed E-state index contributed by atoms with van der Waals surface area (Å²) in [6, 6.07) is 13.6. The molecule has 0 aliphatic carbocycles. The highest BCUT2D eigenvalue weighted by Gasteiger charge is 2.41. The molecule has 1 aliphatic rings. The summed E-state index contributed by atoms with van der Waals surface area (Å²) in [4.78, 5) is 19.9. The lowest BCUT2D eigenvalue weighted by atomic mass is 9.94. The Bertz CT molecular complexity index is 1510. The van der Waals surface area contributed by atoms with Gasteiger partial charge in [-0.3, -0.25) is 0 Å². The number of hydrogen-bond acceptors (Lipinski definition) is 7. The van der Waals surface area contributed by atoms with Gasteiger partial charge in [-0.15, -0.1) is 10.2 Å². The van der Waals surface area contributed by atoms with Crippen molar-refractivity contribution in [1.29, 1.82) is 0 Å². The summed E-state index contributed by atoms with van der Waals surface area (Å²) >= 11 is 6.39. The summed E-state index contributed by atoms with van der Waals surface area (Å²) < 4.78 is 18.7. The largest absolute Gasteiger partial charge is 0.444 e. The lowest BCUT2D eigenvalue weighted by molar-refractivity contribution is 0.0240. The summed E-state index contributed by atoms with van der Waals surface area (Å²) in [6.45, 7) is 28.8. The Labute approximate surface area is 273 Å². The molecule has 1 saturated heterocycles. The standard InChI is InChI=1S/C34H46ClN5O4Si/c1-23(44-45(9,10)34(5,6)7)27(21-24-11-16-29(36-8)28(35)22-24)31-38-37-30(42-31)25-12-14-26(15-13-25)39-17-19-40(20-18-39)32(41)43-33(2,3)4/h11-16,22-23,27H,17-21H2,1-7,9-10H3/t23-,27+/m0/s1. The molecule has 1 aliphatic heterocycles. The number of benzene rings is 2. The summed E-state index contributed by atoms with van der Waals surface area (Å²) in [6.07, 6.45) is 0.111. The van der Waals surface area contributed by atoms with Gasteiger partial charge in [0.25, 0.3) is 0 Å². The number of ether oxygens (including phenoxy) is 1. The Hall–Kier alpha value is -3.39. The summed E-state index contributed by atoms with van der Waals surface area (Å²) in [5, 5.41) is 9.39. The van der Waals surface area contributed by atoms with E-state index in [1.165, 1.54) is 0 Å². The predicted octanol–water partition coefficient (Wildman–Crippen LogP) is 8.73. The fraction of sp³-hybridized carbons (Fsp3) is 0.529. The van der Waals surface area contributed by atoms with E-state index in [-0.39, 0.29) is 23.2 Å². The number of carbonyl (C=O) groups is 1. The molecular formula is C34H46ClN5O4Si. The molecule has 2 aromatic carbocycles. The third-order valence-corrected chi connectivity index (χ3v) is 13.5. The second kappa shape index (κ2) is 13.5. The van der Waals surface area contributed by atoms with Gasteiger partial charge in [-0.25, -0.2) is 9.64 Å². The summed E-state index contributed by atoms with van der Waals surface area (Å²) in [7, 11) is -2.10. The topological polar surface area (TPSA) is 85.3 Å². The molecule has 0 saturated carbocycles. The monoisotopic (exact) mass is 651 g/mol. The number of aromatic nitrogens is 2. The van der Waals surface area contributed by atoms with Gasteiger partial charge >= 0.3 is 6.09 Å². The van der Waals surface area contributed by atoms with Crippen LogP contribution in [-0.4, -0.2) is 67.4 Å².